The number of hydrogen-bond donors (Lipinski definition) is 3. The summed E-state index contributed by atoms with van der Waals surface area (Å²) in [5.41, 5.74) is 6.41. The van der Waals surface area contributed by atoms with Gasteiger partial charge in [0.15, 0.2) is 5.13 Å². The van der Waals surface area contributed by atoms with Crippen molar-refractivity contribution in [3.05, 3.63) is 70.2 Å². The zero-order valence-corrected chi connectivity index (χ0v) is 15.9. The van der Waals surface area contributed by atoms with E-state index in [1.165, 1.54) is 24.4 Å². The van der Waals surface area contributed by atoms with Gasteiger partial charge in [0.1, 0.15) is 22.7 Å². The van der Waals surface area contributed by atoms with Crippen LogP contribution in [0.15, 0.2) is 52.9 Å². The molecule has 0 fully saturated rings. The van der Waals surface area contributed by atoms with Crippen LogP contribution in [0, 0.1) is 11.6 Å². The minimum Gasteiger partial charge on any atom is -0.365 e. The highest BCUT2D eigenvalue weighted by atomic mass is 35.5. The van der Waals surface area contributed by atoms with E-state index < -0.39 is 32.7 Å². The van der Waals surface area contributed by atoms with E-state index in [-0.39, 0.29) is 15.8 Å². The second-order valence-electron chi connectivity index (χ2n) is 5.38. The number of halogens is 3. The standard InChI is InChI=1S/C16H13ClF2N4O2S2/c17-11-7-14(27(24,25)23-16-21-4-5-26-16)12(19)8-13(11)22-15(20)9-2-1-3-10(18)6-9/h1-8,15,22H,20H2,(H,21,23)/t15-/m1/s1. The maximum absolute atomic E-state index is 14.4. The molecule has 0 spiro atoms. The van der Waals surface area contributed by atoms with Gasteiger partial charge in [-0.05, 0) is 29.8 Å². The molecule has 0 saturated carbocycles. The van der Waals surface area contributed by atoms with Crippen molar-refractivity contribution in [1.82, 2.24) is 4.98 Å². The van der Waals surface area contributed by atoms with Crippen LogP contribution >= 0.6 is 22.9 Å². The molecule has 0 aliphatic rings. The van der Waals surface area contributed by atoms with Crippen LogP contribution in [0.2, 0.25) is 5.02 Å². The van der Waals surface area contributed by atoms with E-state index in [1.54, 1.807) is 11.4 Å². The fraction of sp³-hybridized carbons (Fsp3) is 0.0625. The van der Waals surface area contributed by atoms with Crippen molar-refractivity contribution >= 4 is 43.8 Å². The molecular weight excluding hydrogens is 418 g/mol. The zero-order chi connectivity index (χ0) is 19.6. The van der Waals surface area contributed by atoms with Gasteiger partial charge < -0.3 is 11.1 Å². The molecule has 0 aliphatic carbocycles. The summed E-state index contributed by atoms with van der Waals surface area (Å²) in [6, 6.07) is 7.43. The number of rotatable bonds is 6. The van der Waals surface area contributed by atoms with Gasteiger partial charge in [0.2, 0.25) is 0 Å². The number of nitrogens with zero attached hydrogens (tertiary/aromatic N) is 1. The maximum Gasteiger partial charge on any atom is 0.266 e. The predicted molar refractivity (Wildman–Crippen MR) is 101 cm³/mol. The molecule has 3 aromatic rings. The lowest BCUT2D eigenvalue weighted by molar-refractivity contribution is 0.570. The highest BCUT2D eigenvalue weighted by molar-refractivity contribution is 7.93. The molecule has 1 aromatic heterocycles. The summed E-state index contributed by atoms with van der Waals surface area (Å²) in [7, 11) is -4.21. The smallest absolute Gasteiger partial charge is 0.266 e. The minimum atomic E-state index is -4.21. The normalized spacial score (nSPS) is 12.6. The SMILES string of the molecule is N[C@H](Nc1cc(F)c(S(=O)(=O)Nc2nccs2)cc1Cl)c1cccc(F)c1. The Morgan fingerprint density at radius 2 is 2.00 bits per heavy atom. The van der Waals surface area contributed by atoms with Crippen molar-refractivity contribution in [1.29, 1.82) is 0 Å². The third kappa shape index (κ3) is 4.53. The summed E-state index contributed by atoms with van der Waals surface area (Å²) in [4.78, 5) is 3.16. The third-order valence-electron chi connectivity index (χ3n) is 3.48. The first-order valence-electron chi connectivity index (χ1n) is 7.45. The van der Waals surface area contributed by atoms with Crippen LogP contribution < -0.4 is 15.8 Å². The average molecular weight is 431 g/mol. The van der Waals surface area contributed by atoms with Gasteiger partial charge in [-0.25, -0.2) is 22.2 Å². The fourth-order valence-electron chi connectivity index (χ4n) is 2.24. The van der Waals surface area contributed by atoms with Gasteiger partial charge in [0, 0.05) is 11.6 Å². The molecule has 6 nitrogen and oxygen atoms in total. The zero-order valence-electron chi connectivity index (χ0n) is 13.5. The maximum atomic E-state index is 14.4. The first-order chi connectivity index (χ1) is 12.8. The highest BCUT2D eigenvalue weighted by Gasteiger charge is 2.23. The van der Waals surface area contributed by atoms with E-state index in [0.717, 1.165) is 23.5 Å². The van der Waals surface area contributed by atoms with Crippen LogP contribution in [0.4, 0.5) is 19.6 Å². The molecule has 2 aromatic carbocycles. The predicted octanol–water partition coefficient (Wildman–Crippen LogP) is 3.94. The van der Waals surface area contributed by atoms with E-state index in [4.69, 9.17) is 17.3 Å². The number of nitrogens with two attached hydrogens (primary N) is 1. The molecule has 0 aliphatic heterocycles. The van der Waals surface area contributed by atoms with Crippen molar-refractivity contribution in [2.75, 3.05) is 10.0 Å². The largest absolute Gasteiger partial charge is 0.365 e. The van der Waals surface area contributed by atoms with Gasteiger partial charge in [-0.2, -0.15) is 0 Å². The van der Waals surface area contributed by atoms with Crippen molar-refractivity contribution in [3.63, 3.8) is 0 Å². The number of aromatic nitrogens is 1. The van der Waals surface area contributed by atoms with Crippen molar-refractivity contribution < 1.29 is 17.2 Å². The van der Waals surface area contributed by atoms with Crippen LogP contribution in [0.1, 0.15) is 11.7 Å². The van der Waals surface area contributed by atoms with E-state index in [2.05, 4.69) is 15.0 Å². The number of benzene rings is 2. The lowest BCUT2D eigenvalue weighted by Gasteiger charge is -2.18. The van der Waals surface area contributed by atoms with Gasteiger partial charge in [0.25, 0.3) is 10.0 Å². The molecule has 1 heterocycles. The van der Waals surface area contributed by atoms with Crippen LogP contribution in [-0.4, -0.2) is 13.4 Å². The second kappa shape index (κ2) is 7.77. The first-order valence-corrected chi connectivity index (χ1v) is 10.2. The molecule has 27 heavy (non-hydrogen) atoms. The lowest BCUT2D eigenvalue weighted by Crippen LogP contribution is -2.21. The molecule has 0 bridgehead atoms. The number of sulfonamides is 1. The summed E-state index contributed by atoms with van der Waals surface area (Å²) in [5, 5.41) is 4.33. The fourth-order valence-corrected chi connectivity index (χ4v) is 4.40. The van der Waals surface area contributed by atoms with Gasteiger partial charge >= 0.3 is 0 Å². The Kier molecular flexibility index (Phi) is 5.61. The number of thiazole rings is 1. The summed E-state index contributed by atoms with van der Waals surface area (Å²) in [6.07, 6.45) is 0.528. The van der Waals surface area contributed by atoms with Crippen LogP contribution in [0.5, 0.6) is 0 Å². The summed E-state index contributed by atoms with van der Waals surface area (Å²) in [5.74, 6) is -1.51. The Hall–Kier alpha value is -2.27. The first kappa shape index (κ1) is 19.5. The Morgan fingerprint density at radius 1 is 1.22 bits per heavy atom. The average Bonchev–Trinajstić information content (AvgIpc) is 3.09. The van der Waals surface area contributed by atoms with E-state index in [0.29, 0.717) is 5.56 Å². The Labute approximate surface area is 163 Å². The molecular formula is C16H13ClF2N4O2S2. The Morgan fingerprint density at radius 3 is 2.67 bits per heavy atom. The van der Waals surface area contributed by atoms with Crippen LogP contribution in [-0.2, 0) is 10.0 Å². The molecule has 0 amide bonds. The van der Waals surface area contributed by atoms with E-state index in [1.807, 2.05) is 0 Å². The summed E-state index contributed by atoms with van der Waals surface area (Å²) in [6.45, 7) is 0. The molecule has 142 valence electrons. The molecule has 3 rings (SSSR count). The Bertz CT molecular complexity index is 1060. The topological polar surface area (TPSA) is 97.1 Å². The van der Waals surface area contributed by atoms with Crippen molar-refractivity contribution in [2.45, 2.75) is 11.1 Å². The molecule has 1 atom stereocenters. The monoisotopic (exact) mass is 430 g/mol. The highest BCUT2D eigenvalue weighted by Crippen LogP contribution is 2.31. The van der Waals surface area contributed by atoms with E-state index in [9.17, 15) is 17.2 Å². The van der Waals surface area contributed by atoms with E-state index >= 15 is 0 Å². The van der Waals surface area contributed by atoms with Gasteiger partial charge in [-0.1, -0.05) is 23.7 Å². The van der Waals surface area contributed by atoms with Gasteiger partial charge in [-0.15, -0.1) is 11.3 Å². The Balaban J connectivity index is 1.86. The molecule has 11 heteroatoms. The summed E-state index contributed by atoms with van der Waals surface area (Å²) < 4.78 is 54.6. The van der Waals surface area contributed by atoms with Gasteiger partial charge in [-0.3, -0.25) is 4.72 Å². The second-order valence-corrected chi connectivity index (χ2v) is 8.33. The number of hydrogen-bond acceptors (Lipinski definition) is 6. The quantitative estimate of drug-likeness (QED) is 0.514. The van der Waals surface area contributed by atoms with Crippen LogP contribution in [0.25, 0.3) is 0 Å². The number of anilines is 2. The minimum absolute atomic E-state index is 0.0669. The third-order valence-corrected chi connectivity index (χ3v) is 5.97. The molecule has 0 radical (unpaired) electrons. The molecule has 0 saturated heterocycles. The number of nitrogens with one attached hydrogen (secondary N) is 2. The van der Waals surface area contributed by atoms with Crippen molar-refractivity contribution in [2.24, 2.45) is 5.73 Å². The van der Waals surface area contributed by atoms with Crippen molar-refractivity contribution in [3.8, 4) is 0 Å². The van der Waals surface area contributed by atoms with Gasteiger partial charge in [0.05, 0.1) is 10.7 Å². The van der Waals surface area contributed by atoms with Crippen LogP contribution in [0.3, 0.4) is 0 Å². The molecule has 4 N–H and O–H groups in total. The molecule has 0 unspecified atom stereocenters. The lowest BCUT2D eigenvalue weighted by atomic mass is 10.1. The summed E-state index contributed by atoms with van der Waals surface area (Å²) >= 11 is 7.14.